The monoisotopic (exact) mass is 396 g/mol. The molecule has 0 aliphatic carbocycles. The lowest BCUT2D eigenvalue weighted by Gasteiger charge is -2.06. The van der Waals surface area contributed by atoms with Gasteiger partial charge in [-0.25, -0.2) is 14.5 Å². The topological polar surface area (TPSA) is 99.2 Å². The highest BCUT2D eigenvalue weighted by Gasteiger charge is 2.15. The Morgan fingerprint density at radius 3 is 3.04 bits per heavy atom. The maximum absolute atomic E-state index is 12.4. The largest absolute Gasteiger partial charge is 0.493 e. The van der Waals surface area contributed by atoms with Crippen LogP contribution in [0.2, 0.25) is 0 Å². The molecule has 9 heteroatoms. The number of hydrogen-bond donors (Lipinski definition) is 1. The fourth-order valence-electron chi connectivity index (χ4n) is 2.73. The molecule has 3 heterocycles. The average Bonchev–Trinajstić information content (AvgIpc) is 3.38. The number of methoxy groups -OCH3 is 1. The van der Waals surface area contributed by atoms with E-state index in [4.69, 9.17) is 9.15 Å². The highest BCUT2D eigenvalue weighted by molar-refractivity contribution is 7.12. The Hall–Kier alpha value is -3.46. The van der Waals surface area contributed by atoms with Gasteiger partial charge in [0.2, 0.25) is 5.13 Å². The summed E-state index contributed by atoms with van der Waals surface area (Å²) < 4.78 is 12.1. The number of hydrogen-bond acceptors (Lipinski definition) is 7. The summed E-state index contributed by atoms with van der Waals surface area (Å²) in [7, 11) is 1.49. The van der Waals surface area contributed by atoms with Crippen molar-refractivity contribution in [2.75, 3.05) is 13.7 Å². The smallest absolute Gasteiger partial charge is 0.349 e. The van der Waals surface area contributed by atoms with Crippen molar-refractivity contribution < 1.29 is 13.9 Å². The second kappa shape index (κ2) is 7.65. The summed E-state index contributed by atoms with van der Waals surface area (Å²) in [5.41, 5.74) is 0.409. The number of ether oxygens (including phenoxy) is 1. The number of benzene rings is 1. The second-order valence-corrected chi connectivity index (χ2v) is 6.74. The van der Waals surface area contributed by atoms with Crippen LogP contribution in [0.1, 0.15) is 16.1 Å². The molecule has 3 aromatic heterocycles. The van der Waals surface area contributed by atoms with Gasteiger partial charge in [0.1, 0.15) is 5.56 Å². The molecule has 1 N–H and O–H groups in total. The first-order valence-electron chi connectivity index (χ1n) is 8.49. The van der Waals surface area contributed by atoms with Gasteiger partial charge in [0, 0.05) is 36.1 Å². The number of nitrogens with one attached hydrogen (secondary N) is 1. The van der Waals surface area contributed by atoms with Crippen molar-refractivity contribution in [3.8, 4) is 10.9 Å². The molecule has 0 atom stereocenters. The predicted molar refractivity (Wildman–Crippen MR) is 104 cm³/mol. The number of amides is 1. The third-order valence-electron chi connectivity index (χ3n) is 4.10. The Kier molecular flexibility index (Phi) is 4.90. The molecule has 0 spiro atoms. The number of rotatable bonds is 6. The summed E-state index contributed by atoms with van der Waals surface area (Å²) >= 11 is 1.47. The van der Waals surface area contributed by atoms with Crippen molar-refractivity contribution in [3.63, 3.8) is 0 Å². The summed E-state index contributed by atoms with van der Waals surface area (Å²) in [5.74, 6) is -0.0425. The molecule has 0 aliphatic rings. The van der Waals surface area contributed by atoms with Crippen molar-refractivity contribution >= 4 is 28.2 Å². The number of para-hydroxylation sites is 1. The number of carbonyl (C=O) groups is 1. The van der Waals surface area contributed by atoms with Gasteiger partial charge < -0.3 is 14.5 Å². The predicted octanol–water partition coefficient (Wildman–Crippen LogP) is 2.42. The molecular formula is C19H16N4O4S. The quantitative estimate of drug-likeness (QED) is 0.503. The Bertz CT molecular complexity index is 1180. The van der Waals surface area contributed by atoms with Crippen LogP contribution in [-0.2, 0) is 6.42 Å². The van der Waals surface area contributed by atoms with Gasteiger partial charge in [-0.15, -0.1) is 11.3 Å². The molecule has 142 valence electrons. The van der Waals surface area contributed by atoms with Crippen molar-refractivity contribution in [2.24, 2.45) is 0 Å². The highest BCUT2D eigenvalue weighted by Crippen LogP contribution is 2.24. The Morgan fingerprint density at radius 2 is 2.25 bits per heavy atom. The Balaban J connectivity index is 1.44. The van der Waals surface area contributed by atoms with Crippen molar-refractivity contribution in [1.29, 1.82) is 0 Å². The van der Waals surface area contributed by atoms with E-state index in [1.165, 1.54) is 24.5 Å². The second-order valence-electron chi connectivity index (χ2n) is 5.90. The van der Waals surface area contributed by atoms with E-state index < -0.39 is 11.5 Å². The van der Waals surface area contributed by atoms with Crippen LogP contribution in [0, 0.1) is 0 Å². The maximum Gasteiger partial charge on any atom is 0.349 e. The van der Waals surface area contributed by atoms with Crippen LogP contribution < -0.4 is 15.7 Å². The molecule has 1 aromatic carbocycles. The van der Waals surface area contributed by atoms with Crippen LogP contribution in [0.4, 0.5) is 0 Å². The third kappa shape index (κ3) is 3.52. The lowest BCUT2D eigenvalue weighted by atomic mass is 10.1. The molecule has 0 saturated carbocycles. The molecule has 0 aliphatic heterocycles. The zero-order valence-electron chi connectivity index (χ0n) is 14.9. The minimum Gasteiger partial charge on any atom is -0.493 e. The first kappa shape index (κ1) is 17.9. The van der Waals surface area contributed by atoms with Crippen LogP contribution in [0.3, 0.4) is 0 Å². The summed E-state index contributed by atoms with van der Waals surface area (Å²) in [6.07, 6.45) is 4.04. The number of aromatic nitrogens is 3. The van der Waals surface area contributed by atoms with E-state index in [0.717, 1.165) is 10.8 Å². The van der Waals surface area contributed by atoms with E-state index in [1.54, 1.807) is 29.1 Å². The van der Waals surface area contributed by atoms with Gasteiger partial charge in [-0.3, -0.25) is 4.79 Å². The first-order chi connectivity index (χ1) is 13.7. The zero-order chi connectivity index (χ0) is 19.5. The molecule has 0 radical (unpaired) electrons. The molecule has 4 rings (SSSR count). The maximum atomic E-state index is 12.4. The number of nitrogens with zero attached hydrogens (tertiary/aromatic N) is 3. The average molecular weight is 396 g/mol. The molecular weight excluding hydrogens is 380 g/mol. The van der Waals surface area contributed by atoms with Crippen molar-refractivity contribution in [1.82, 2.24) is 20.1 Å². The number of fused-ring (bicyclic) bond motifs is 1. The zero-order valence-corrected chi connectivity index (χ0v) is 15.7. The summed E-state index contributed by atoms with van der Waals surface area (Å²) in [5, 5.41) is 10.2. The van der Waals surface area contributed by atoms with Gasteiger partial charge >= 0.3 is 5.63 Å². The lowest BCUT2D eigenvalue weighted by Crippen LogP contribution is -2.30. The van der Waals surface area contributed by atoms with Gasteiger partial charge in [-0.2, -0.15) is 5.10 Å². The van der Waals surface area contributed by atoms with Gasteiger partial charge in [0.15, 0.2) is 11.3 Å². The van der Waals surface area contributed by atoms with Crippen molar-refractivity contribution in [3.05, 3.63) is 69.8 Å². The van der Waals surface area contributed by atoms with Gasteiger partial charge in [0.05, 0.1) is 12.8 Å². The van der Waals surface area contributed by atoms with Crippen LogP contribution in [0.15, 0.2) is 57.3 Å². The van der Waals surface area contributed by atoms with Gasteiger partial charge in [-0.1, -0.05) is 12.1 Å². The highest BCUT2D eigenvalue weighted by atomic mass is 32.1. The molecule has 0 bridgehead atoms. The molecule has 1 amide bonds. The minimum atomic E-state index is -0.705. The Morgan fingerprint density at radius 1 is 1.36 bits per heavy atom. The fraction of sp³-hybridized carbons (Fsp3) is 0.158. The lowest BCUT2D eigenvalue weighted by molar-refractivity contribution is 0.0950. The van der Waals surface area contributed by atoms with E-state index in [1.807, 2.05) is 17.6 Å². The molecule has 28 heavy (non-hydrogen) atoms. The van der Waals surface area contributed by atoms with Gasteiger partial charge in [0.25, 0.3) is 5.91 Å². The number of carbonyl (C=O) groups excluding carboxylic acids is 1. The van der Waals surface area contributed by atoms with Crippen LogP contribution in [0.25, 0.3) is 16.1 Å². The fourth-order valence-corrected chi connectivity index (χ4v) is 3.53. The summed E-state index contributed by atoms with van der Waals surface area (Å²) in [6, 6.07) is 8.55. The number of thiazole rings is 1. The molecule has 8 nitrogen and oxygen atoms in total. The standard InChI is InChI=1S/C19H16N4O4S/c1-26-15-5-2-4-12-10-14(18(25)27-16(12)15)17(24)20-8-6-13-11-28-19(22-13)23-9-3-7-21-23/h2-5,7,9-11H,6,8H2,1H3,(H,20,24). The molecule has 4 aromatic rings. The first-order valence-corrected chi connectivity index (χ1v) is 9.37. The van der Waals surface area contributed by atoms with E-state index in [-0.39, 0.29) is 5.56 Å². The molecule has 0 fully saturated rings. The van der Waals surface area contributed by atoms with E-state index >= 15 is 0 Å². The Labute approximate surface area is 163 Å². The summed E-state index contributed by atoms with van der Waals surface area (Å²) in [6.45, 7) is 0.344. The van der Waals surface area contributed by atoms with E-state index in [0.29, 0.717) is 29.7 Å². The SMILES string of the molecule is COc1cccc2cc(C(=O)NCCc3csc(-n4cccn4)n3)c(=O)oc12. The molecule has 0 unspecified atom stereocenters. The van der Waals surface area contributed by atoms with Crippen LogP contribution in [0.5, 0.6) is 5.75 Å². The third-order valence-corrected chi connectivity index (χ3v) is 4.97. The van der Waals surface area contributed by atoms with E-state index in [2.05, 4.69) is 15.4 Å². The van der Waals surface area contributed by atoms with Crippen LogP contribution >= 0.6 is 11.3 Å². The summed E-state index contributed by atoms with van der Waals surface area (Å²) in [4.78, 5) is 29.1. The van der Waals surface area contributed by atoms with Crippen molar-refractivity contribution in [2.45, 2.75) is 6.42 Å². The minimum absolute atomic E-state index is 0.0451. The normalized spacial score (nSPS) is 10.9. The van der Waals surface area contributed by atoms with Crippen LogP contribution in [-0.4, -0.2) is 34.3 Å². The molecule has 0 saturated heterocycles. The van der Waals surface area contributed by atoms with E-state index in [9.17, 15) is 9.59 Å². The van der Waals surface area contributed by atoms with Gasteiger partial charge in [-0.05, 0) is 18.2 Å².